The molecule has 1 aliphatic heterocycles. The molecule has 1 aromatic carbocycles. The van der Waals surface area contributed by atoms with E-state index in [9.17, 15) is 0 Å². The van der Waals surface area contributed by atoms with Crippen molar-refractivity contribution >= 4 is 0 Å². The molecule has 2 fully saturated rings. The fraction of sp³-hybridized carbons (Fsp3) is 0.625. The highest BCUT2D eigenvalue weighted by molar-refractivity contribution is 5.48. The summed E-state index contributed by atoms with van der Waals surface area (Å²) in [5.74, 6) is 0. The topological polar surface area (TPSA) is 3.24 Å². The number of benzene rings is 1. The van der Waals surface area contributed by atoms with Crippen LogP contribution >= 0.6 is 0 Å². The predicted molar refractivity (Wildman–Crippen MR) is 70.2 cm³/mol. The first-order valence-corrected chi connectivity index (χ1v) is 7.03. The molecule has 0 unspecified atom stereocenters. The summed E-state index contributed by atoms with van der Waals surface area (Å²) in [6.45, 7) is 2.60. The number of fused-ring (bicyclic) bond motifs is 3. The third-order valence-electron chi connectivity index (χ3n) is 5.77. The molecule has 0 bridgehead atoms. The smallest absolute Gasteiger partial charge is 0.00169 e. The maximum Gasteiger partial charge on any atom is 0.00169 e. The normalized spacial score (nSPS) is 28.5. The molecule has 0 radical (unpaired) electrons. The van der Waals surface area contributed by atoms with Crippen molar-refractivity contribution in [3.8, 4) is 0 Å². The van der Waals surface area contributed by atoms with Gasteiger partial charge in [0.1, 0.15) is 0 Å². The summed E-state index contributed by atoms with van der Waals surface area (Å²) >= 11 is 0. The molecule has 1 saturated carbocycles. The van der Waals surface area contributed by atoms with Gasteiger partial charge in [-0.15, -0.1) is 0 Å². The largest absolute Gasteiger partial charge is 0.306 e. The van der Waals surface area contributed by atoms with E-state index in [0.717, 1.165) is 0 Å². The van der Waals surface area contributed by atoms with Gasteiger partial charge in [-0.05, 0) is 68.8 Å². The lowest BCUT2D eigenvalue weighted by atomic mass is 9.67. The van der Waals surface area contributed by atoms with Crippen molar-refractivity contribution in [3.05, 3.63) is 35.4 Å². The summed E-state index contributed by atoms with van der Waals surface area (Å²) in [5.41, 5.74) is 4.60. The monoisotopic (exact) mass is 227 g/mol. The van der Waals surface area contributed by atoms with Gasteiger partial charge in [0.15, 0.2) is 0 Å². The minimum absolute atomic E-state index is 0.602. The van der Waals surface area contributed by atoms with Crippen LogP contribution in [-0.2, 0) is 11.8 Å². The molecule has 2 spiro atoms. The van der Waals surface area contributed by atoms with Crippen LogP contribution in [0.5, 0.6) is 0 Å². The van der Waals surface area contributed by atoms with E-state index < -0.39 is 0 Å². The molecule has 90 valence electrons. The second-order valence-corrected chi connectivity index (χ2v) is 6.50. The number of hydrogen-bond acceptors (Lipinski definition) is 1. The molecule has 1 heterocycles. The Morgan fingerprint density at radius 2 is 1.71 bits per heavy atom. The zero-order valence-corrected chi connectivity index (χ0v) is 10.7. The lowest BCUT2D eigenvalue weighted by Crippen LogP contribution is -2.43. The van der Waals surface area contributed by atoms with Crippen LogP contribution in [0.15, 0.2) is 24.3 Å². The molecule has 0 aromatic heterocycles. The molecule has 3 aliphatic rings. The molecule has 1 aromatic rings. The molecule has 0 N–H and O–H groups in total. The summed E-state index contributed by atoms with van der Waals surface area (Å²) in [4.78, 5) is 2.50. The van der Waals surface area contributed by atoms with Gasteiger partial charge in [0.25, 0.3) is 0 Å². The Hall–Kier alpha value is -0.820. The average Bonchev–Trinajstić information content (AvgIpc) is 3.09. The SMILES string of the molecule is CN1CCC2(CC1)Cc1ccccc1C21CC1. The molecule has 2 aliphatic carbocycles. The van der Waals surface area contributed by atoms with E-state index in [4.69, 9.17) is 0 Å². The zero-order chi connectivity index (χ0) is 11.5. The number of piperidine rings is 1. The Morgan fingerprint density at radius 1 is 1.00 bits per heavy atom. The summed E-state index contributed by atoms with van der Waals surface area (Å²) in [7, 11) is 2.27. The molecule has 4 rings (SSSR count). The first-order valence-electron chi connectivity index (χ1n) is 7.03. The van der Waals surface area contributed by atoms with E-state index in [2.05, 4.69) is 36.2 Å². The Labute approximate surface area is 104 Å². The summed E-state index contributed by atoms with van der Waals surface area (Å²) in [6, 6.07) is 9.26. The number of likely N-dealkylation sites (tertiary alicyclic amines) is 1. The summed E-state index contributed by atoms with van der Waals surface area (Å²) < 4.78 is 0. The standard InChI is InChI=1S/C16H21N/c1-17-10-8-15(9-11-17)12-13-4-2-3-5-14(13)16(15)6-7-16/h2-5H,6-12H2,1H3. The van der Waals surface area contributed by atoms with Gasteiger partial charge >= 0.3 is 0 Å². The lowest BCUT2D eigenvalue weighted by Gasteiger charge is -2.43. The Kier molecular flexibility index (Phi) is 1.87. The van der Waals surface area contributed by atoms with E-state index >= 15 is 0 Å². The van der Waals surface area contributed by atoms with Crippen molar-refractivity contribution in [1.82, 2.24) is 4.90 Å². The quantitative estimate of drug-likeness (QED) is 0.658. The summed E-state index contributed by atoms with van der Waals surface area (Å²) in [6.07, 6.45) is 7.09. The maximum absolute atomic E-state index is 2.50. The minimum Gasteiger partial charge on any atom is -0.306 e. The van der Waals surface area contributed by atoms with Crippen molar-refractivity contribution in [2.75, 3.05) is 20.1 Å². The fourth-order valence-corrected chi connectivity index (χ4v) is 4.59. The van der Waals surface area contributed by atoms with Gasteiger partial charge in [0.2, 0.25) is 0 Å². The molecular weight excluding hydrogens is 206 g/mol. The molecule has 1 saturated heterocycles. The summed E-state index contributed by atoms with van der Waals surface area (Å²) in [5, 5.41) is 0. The van der Waals surface area contributed by atoms with Gasteiger partial charge in [0, 0.05) is 5.41 Å². The van der Waals surface area contributed by atoms with Crippen molar-refractivity contribution in [3.63, 3.8) is 0 Å². The van der Waals surface area contributed by atoms with Crippen molar-refractivity contribution in [1.29, 1.82) is 0 Å². The van der Waals surface area contributed by atoms with E-state index in [1.54, 1.807) is 11.1 Å². The third-order valence-corrected chi connectivity index (χ3v) is 5.77. The maximum atomic E-state index is 2.50. The van der Waals surface area contributed by atoms with Crippen LogP contribution in [0.4, 0.5) is 0 Å². The fourth-order valence-electron chi connectivity index (χ4n) is 4.59. The average molecular weight is 227 g/mol. The molecule has 1 heteroatoms. The van der Waals surface area contributed by atoms with Crippen molar-refractivity contribution in [2.24, 2.45) is 5.41 Å². The second-order valence-electron chi connectivity index (χ2n) is 6.50. The van der Waals surface area contributed by atoms with Crippen LogP contribution in [-0.4, -0.2) is 25.0 Å². The van der Waals surface area contributed by atoms with Gasteiger partial charge in [-0.25, -0.2) is 0 Å². The molecule has 0 atom stereocenters. The van der Waals surface area contributed by atoms with Gasteiger partial charge < -0.3 is 4.90 Å². The van der Waals surface area contributed by atoms with E-state index in [1.165, 1.54) is 45.2 Å². The highest BCUT2D eigenvalue weighted by Crippen LogP contribution is 2.69. The van der Waals surface area contributed by atoms with E-state index in [0.29, 0.717) is 10.8 Å². The van der Waals surface area contributed by atoms with E-state index in [-0.39, 0.29) is 0 Å². The van der Waals surface area contributed by atoms with Crippen molar-refractivity contribution in [2.45, 2.75) is 37.5 Å². The van der Waals surface area contributed by atoms with E-state index in [1.807, 2.05) is 0 Å². The van der Waals surface area contributed by atoms with Gasteiger partial charge in [0.05, 0.1) is 0 Å². The second kappa shape index (κ2) is 3.14. The predicted octanol–water partition coefficient (Wildman–Crippen LogP) is 2.99. The van der Waals surface area contributed by atoms with Crippen molar-refractivity contribution < 1.29 is 0 Å². The Balaban J connectivity index is 1.77. The first kappa shape index (κ1) is 10.1. The highest BCUT2D eigenvalue weighted by atomic mass is 15.1. The van der Waals surface area contributed by atoms with Crippen LogP contribution in [0.2, 0.25) is 0 Å². The number of rotatable bonds is 0. The molecular formula is C16H21N. The van der Waals surface area contributed by atoms with Gasteiger partial charge in [-0.2, -0.15) is 0 Å². The highest BCUT2D eigenvalue weighted by Gasteiger charge is 2.63. The van der Waals surface area contributed by atoms with Crippen LogP contribution in [0.3, 0.4) is 0 Å². The number of nitrogens with zero attached hydrogens (tertiary/aromatic N) is 1. The van der Waals surface area contributed by atoms with Crippen LogP contribution in [0, 0.1) is 5.41 Å². The third kappa shape index (κ3) is 1.18. The molecule has 1 nitrogen and oxygen atoms in total. The Morgan fingerprint density at radius 3 is 2.41 bits per heavy atom. The van der Waals surface area contributed by atoms with Crippen LogP contribution in [0.1, 0.15) is 36.8 Å². The first-order chi connectivity index (χ1) is 8.26. The van der Waals surface area contributed by atoms with Crippen LogP contribution in [0.25, 0.3) is 0 Å². The van der Waals surface area contributed by atoms with Crippen LogP contribution < -0.4 is 0 Å². The number of hydrogen-bond donors (Lipinski definition) is 0. The van der Waals surface area contributed by atoms with Gasteiger partial charge in [-0.3, -0.25) is 0 Å². The molecule has 0 amide bonds. The minimum atomic E-state index is 0.602. The van der Waals surface area contributed by atoms with Gasteiger partial charge in [-0.1, -0.05) is 24.3 Å². The zero-order valence-electron chi connectivity index (χ0n) is 10.7. The Bertz CT molecular complexity index is 450. The lowest BCUT2D eigenvalue weighted by molar-refractivity contribution is 0.0935. The molecule has 17 heavy (non-hydrogen) atoms.